The zero-order valence-corrected chi connectivity index (χ0v) is 10.2. The summed E-state index contributed by atoms with van der Waals surface area (Å²) in [5.74, 6) is 1.06. The molecular formula is C14H19N3. The first-order valence-corrected chi connectivity index (χ1v) is 6.52. The minimum absolute atomic E-state index is 0.908. The Morgan fingerprint density at radius 1 is 1.24 bits per heavy atom. The second-order valence-corrected chi connectivity index (χ2v) is 4.84. The highest BCUT2D eigenvalue weighted by Crippen LogP contribution is 2.14. The fourth-order valence-electron chi connectivity index (χ4n) is 2.61. The molecule has 0 unspecified atom stereocenters. The molecule has 1 saturated heterocycles. The molecule has 1 aromatic rings. The summed E-state index contributed by atoms with van der Waals surface area (Å²) in [7, 11) is 0. The van der Waals surface area contributed by atoms with Gasteiger partial charge in [0.25, 0.3) is 0 Å². The van der Waals surface area contributed by atoms with Gasteiger partial charge in [-0.25, -0.2) is 0 Å². The summed E-state index contributed by atoms with van der Waals surface area (Å²) < 4.78 is 0. The molecule has 3 rings (SSSR count). The van der Waals surface area contributed by atoms with Gasteiger partial charge in [-0.15, -0.1) is 0 Å². The highest BCUT2D eigenvalue weighted by Gasteiger charge is 2.13. The summed E-state index contributed by atoms with van der Waals surface area (Å²) in [5, 5.41) is 3.33. The molecule has 1 fully saturated rings. The monoisotopic (exact) mass is 229 g/mol. The molecule has 17 heavy (non-hydrogen) atoms. The topological polar surface area (TPSA) is 27.6 Å². The Labute approximate surface area is 103 Å². The average Bonchev–Trinajstić information content (AvgIpc) is 3.01. The minimum atomic E-state index is 0.908. The molecule has 3 nitrogen and oxygen atoms in total. The van der Waals surface area contributed by atoms with Crippen molar-refractivity contribution in [3.05, 3.63) is 35.4 Å². The van der Waals surface area contributed by atoms with Gasteiger partial charge in [-0.1, -0.05) is 18.2 Å². The molecule has 0 amide bonds. The minimum Gasteiger partial charge on any atom is -0.368 e. The van der Waals surface area contributed by atoms with Crippen molar-refractivity contribution in [2.24, 2.45) is 4.99 Å². The molecule has 1 aromatic carbocycles. The van der Waals surface area contributed by atoms with Gasteiger partial charge in [0.1, 0.15) is 5.84 Å². The van der Waals surface area contributed by atoms with Crippen molar-refractivity contribution < 1.29 is 0 Å². The molecule has 2 aliphatic rings. The van der Waals surface area contributed by atoms with Crippen LogP contribution in [0.3, 0.4) is 0 Å². The maximum atomic E-state index is 4.47. The van der Waals surface area contributed by atoms with E-state index in [1.165, 1.54) is 37.1 Å². The van der Waals surface area contributed by atoms with Crippen molar-refractivity contribution in [2.75, 3.05) is 26.2 Å². The first-order chi connectivity index (χ1) is 8.42. The van der Waals surface area contributed by atoms with Crippen molar-refractivity contribution in [1.82, 2.24) is 10.2 Å². The second kappa shape index (κ2) is 4.88. The number of aliphatic imine (C=N–C) groups is 1. The Bertz CT molecular complexity index is 419. The molecule has 90 valence electrons. The van der Waals surface area contributed by atoms with Crippen molar-refractivity contribution in [1.29, 1.82) is 0 Å². The Morgan fingerprint density at radius 2 is 2.12 bits per heavy atom. The van der Waals surface area contributed by atoms with E-state index < -0.39 is 0 Å². The van der Waals surface area contributed by atoms with Gasteiger partial charge in [-0.2, -0.15) is 0 Å². The molecule has 0 bridgehead atoms. The van der Waals surface area contributed by atoms with Gasteiger partial charge >= 0.3 is 0 Å². The number of benzene rings is 1. The third-order valence-electron chi connectivity index (χ3n) is 3.48. The van der Waals surface area contributed by atoms with E-state index in [0.29, 0.717) is 0 Å². The summed E-state index contributed by atoms with van der Waals surface area (Å²) in [6, 6.07) is 8.78. The normalized spacial score (nSPS) is 20.4. The number of likely N-dealkylation sites (tertiary alicyclic amines) is 1. The predicted octanol–water partition coefficient (Wildman–Crippen LogP) is 1.63. The van der Waals surface area contributed by atoms with E-state index in [-0.39, 0.29) is 0 Å². The van der Waals surface area contributed by atoms with E-state index in [2.05, 4.69) is 39.5 Å². The molecule has 1 N–H and O–H groups in total. The van der Waals surface area contributed by atoms with Gasteiger partial charge in [0, 0.05) is 18.7 Å². The van der Waals surface area contributed by atoms with Crippen LogP contribution in [0.4, 0.5) is 0 Å². The summed E-state index contributed by atoms with van der Waals surface area (Å²) in [6.07, 6.45) is 2.71. The SMILES string of the molecule is c1cc(CN2CCCC2)cc(C2=NCCN2)c1. The Hall–Kier alpha value is -1.35. The quantitative estimate of drug-likeness (QED) is 0.853. The standard InChI is InChI=1S/C14H19N3/c1-2-9-17(8-1)11-12-4-3-5-13(10-12)14-15-6-7-16-14/h3-5,10H,1-2,6-9,11H2,(H,15,16). The van der Waals surface area contributed by atoms with Crippen LogP contribution >= 0.6 is 0 Å². The smallest absolute Gasteiger partial charge is 0.128 e. The number of hydrogen-bond acceptors (Lipinski definition) is 3. The van der Waals surface area contributed by atoms with Gasteiger partial charge in [0.15, 0.2) is 0 Å². The van der Waals surface area contributed by atoms with Crippen LogP contribution in [0.2, 0.25) is 0 Å². The van der Waals surface area contributed by atoms with Crippen LogP contribution in [0.15, 0.2) is 29.3 Å². The first kappa shape index (κ1) is 10.8. The fraction of sp³-hybridized carbons (Fsp3) is 0.500. The van der Waals surface area contributed by atoms with Gasteiger partial charge in [0.05, 0.1) is 6.54 Å². The van der Waals surface area contributed by atoms with Crippen molar-refractivity contribution >= 4 is 5.84 Å². The molecule has 2 aliphatic heterocycles. The molecule has 0 radical (unpaired) electrons. The van der Waals surface area contributed by atoms with Crippen LogP contribution < -0.4 is 5.32 Å². The zero-order valence-electron chi connectivity index (χ0n) is 10.2. The Kier molecular flexibility index (Phi) is 3.10. The third kappa shape index (κ3) is 2.50. The maximum Gasteiger partial charge on any atom is 0.128 e. The first-order valence-electron chi connectivity index (χ1n) is 6.52. The van der Waals surface area contributed by atoms with Crippen LogP contribution in [-0.2, 0) is 6.54 Å². The number of amidine groups is 1. The van der Waals surface area contributed by atoms with E-state index in [9.17, 15) is 0 Å². The lowest BCUT2D eigenvalue weighted by molar-refractivity contribution is 0.331. The zero-order chi connectivity index (χ0) is 11.5. The number of nitrogens with one attached hydrogen (secondary N) is 1. The number of rotatable bonds is 3. The van der Waals surface area contributed by atoms with Crippen LogP contribution in [0, 0.1) is 0 Å². The Morgan fingerprint density at radius 3 is 2.88 bits per heavy atom. The van der Waals surface area contributed by atoms with Crippen molar-refractivity contribution in [3.8, 4) is 0 Å². The molecule has 0 atom stereocenters. The number of hydrogen-bond donors (Lipinski definition) is 1. The fourth-order valence-corrected chi connectivity index (χ4v) is 2.61. The molecular weight excluding hydrogens is 210 g/mol. The van der Waals surface area contributed by atoms with E-state index in [1.807, 2.05) is 0 Å². The molecule has 0 saturated carbocycles. The summed E-state index contributed by atoms with van der Waals surface area (Å²) >= 11 is 0. The molecule has 2 heterocycles. The van der Waals surface area contributed by atoms with E-state index in [0.717, 1.165) is 25.5 Å². The van der Waals surface area contributed by atoms with Crippen molar-refractivity contribution in [3.63, 3.8) is 0 Å². The van der Waals surface area contributed by atoms with Crippen LogP contribution in [0.1, 0.15) is 24.0 Å². The molecule has 0 spiro atoms. The summed E-state index contributed by atoms with van der Waals surface area (Å²) in [6.45, 7) is 5.48. The van der Waals surface area contributed by atoms with Gasteiger partial charge < -0.3 is 5.32 Å². The van der Waals surface area contributed by atoms with E-state index in [4.69, 9.17) is 0 Å². The average molecular weight is 229 g/mol. The summed E-state index contributed by atoms with van der Waals surface area (Å²) in [5.41, 5.74) is 2.64. The molecule has 0 aliphatic carbocycles. The van der Waals surface area contributed by atoms with Crippen LogP contribution in [0.5, 0.6) is 0 Å². The Balaban J connectivity index is 1.74. The largest absolute Gasteiger partial charge is 0.368 e. The van der Waals surface area contributed by atoms with Gasteiger partial charge in [-0.05, 0) is 37.6 Å². The van der Waals surface area contributed by atoms with Gasteiger partial charge in [-0.3, -0.25) is 9.89 Å². The lowest BCUT2D eigenvalue weighted by Gasteiger charge is -2.15. The lowest BCUT2D eigenvalue weighted by Crippen LogP contribution is -2.21. The highest BCUT2D eigenvalue weighted by atomic mass is 15.1. The highest BCUT2D eigenvalue weighted by molar-refractivity contribution is 5.99. The van der Waals surface area contributed by atoms with Gasteiger partial charge in [0.2, 0.25) is 0 Å². The van der Waals surface area contributed by atoms with E-state index >= 15 is 0 Å². The maximum absolute atomic E-state index is 4.47. The molecule has 3 heteroatoms. The van der Waals surface area contributed by atoms with Crippen LogP contribution in [0.25, 0.3) is 0 Å². The van der Waals surface area contributed by atoms with E-state index in [1.54, 1.807) is 0 Å². The van der Waals surface area contributed by atoms with Crippen molar-refractivity contribution in [2.45, 2.75) is 19.4 Å². The van der Waals surface area contributed by atoms with Crippen LogP contribution in [-0.4, -0.2) is 36.9 Å². The lowest BCUT2D eigenvalue weighted by atomic mass is 10.1. The summed E-state index contributed by atoms with van der Waals surface area (Å²) in [4.78, 5) is 7.00. The molecule has 0 aromatic heterocycles. The number of nitrogens with zero attached hydrogens (tertiary/aromatic N) is 2. The third-order valence-corrected chi connectivity index (χ3v) is 3.48. The predicted molar refractivity (Wildman–Crippen MR) is 70.4 cm³/mol. The second-order valence-electron chi connectivity index (χ2n) is 4.84.